The number of rotatable bonds is 4. The highest BCUT2D eigenvalue weighted by molar-refractivity contribution is 7.12. The zero-order chi connectivity index (χ0) is 19.7. The molecule has 2 aromatic carbocycles. The van der Waals surface area contributed by atoms with Crippen LogP contribution < -0.4 is 14.4 Å². The lowest BCUT2D eigenvalue weighted by Gasteiger charge is -2.11. The van der Waals surface area contributed by atoms with Gasteiger partial charge in [0.05, 0.1) is 5.56 Å². The number of nitrogens with zero attached hydrogens (tertiary/aromatic N) is 1. The highest BCUT2D eigenvalue weighted by Gasteiger charge is 2.28. The highest BCUT2D eigenvalue weighted by Crippen LogP contribution is 2.35. The molecule has 1 aliphatic rings. The summed E-state index contributed by atoms with van der Waals surface area (Å²) in [5.41, 5.74) is 2.39. The van der Waals surface area contributed by atoms with E-state index in [1.807, 2.05) is 48.6 Å². The van der Waals surface area contributed by atoms with E-state index in [0.29, 0.717) is 21.9 Å². The molecule has 1 aromatic heterocycles. The molecule has 140 valence electrons. The van der Waals surface area contributed by atoms with Gasteiger partial charge in [0.15, 0.2) is 5.76 Å². The van der Waals surface area contributed by atoms with E-state index < -0.39 is 5.97 Å². The van der Waals surface area contributed by atoms with Gasteiger partial charge in [-0.25, -0.2) is 4.79 Å². The Kier molecular flexibility index (Phi) is 4.71. The third-order valence-electron chi connectivity index (χ3n) is 4.28. The number of fused-ring (bicyclic) bond motifs is 1. The highest BCUT2D eigenvalue weighted by atomic mass is 32.1. The van der Waals surface area contributed by atoms with Gasteiger partial charge in [-0.2, -0.15) is 0 Å². The minimum atomic E-state index is -0.434. The van der Waals surface area contributed by atoms with Gasteiger partial charge in [0.1, 0.15) is 16.4 Å². The van der Waals surface area contributed by atoms with Crippen molar-refractivity contribution in [2.75, 3.05) is 19.0 Å². The Balaban J connectivity index is 1.53. The number of benzene rings is 2. The van der Waals surface area contributed by atoms with Gasteiger partial charge in [-0.15, -0.1) is 11.3 Å². The van der Waals surface area contributed by atoms with E-state index >= 15 is 0 Å². The SMILES string of the molecule is CN(C)c1ccc(/C=C2\Oc3cc(OC(=O)c4cccs4)ccc3C2=O)cc1. The Morgan fingerprint density at radius 2 is 1.89 bits per heavy atom. The third-order valence-corrected chi connectivity index (χ3v) is 5.13. The summed E-state index contributed by atoms with van der Waals surface area (Å²) in [5, 5.41) is 1.81. The number of hydrogen-bond acceptors (Lipinski definition) is 6. The van der Waals surface area contributed by atoms with Crippen molar-refractivity contribution < 1.29 is 19.1 Å². The molecule has 0 saturated carbocycles. The zero-order valence-corrected chi connectivity index (χ0v) is 16.2. The predicted octanol–water partition coefficient (Wildman–Crippen LogP) is 4.65. The van der Waals surface area contributed by atoms with Crippen molar-refractivity contribution in [1.82, 2.24) is 0 Å². The molecular formula is C22H17NO4S. The number of ether oxygens (including phenoxy) is 2. The van der Waals surface area contributed by atoms with Crippen molar-refractivity contribution in [3.63, 3.8) is 0 Å². The van der Waals surface area contributed by atoms with Crippen LogP contribution in [0.3, 0.4) is 0 Å². The van der Waals surface area contributed by atoms with Gasteiger partial charge in [-0.05, 0) is 47.4 Å². The van der Waals surface area contributed by atoms with Crippen LogP contribution in [-0.4, -0.2) is 25.8 Å². The van der Waals surface area contributed by atoms with Gasteiger partial charge >= 0.3 is 5.97 Å². The molecule has 0 amide bonds. The number of ketones is 1. The monoisotopic (exact) mass is 391 g/mol. The van der Waals surface area contributed by atoms with Crippen molar-refractivity contribution in [1.29, 1.82) is 0 Å². The average molecular weight is 391 g/mol. The van der Waals surface area contributed by atoms with E-state index in [1.54, 1.807) is 36.4 Å². The van der Waals surface area contributed by atoms with E-state index in [0.717, 1.165) is 11.3 Å². The van der Waals surface area contributed by atoms with Crippen LogP contribution in [0.25, 0.3) is 6.08 Å². The van der Waals surface area contributed by atoms with E-state index in [4.69, 9.17) is 9.47 Å². The fourth-order valence-corrected chi connectivity index (χ4v) is 3.40. The van der Waals surface area contributed by atoms with Gasteiger partial charge in [0.25, 0.3) is 0 Å². The van der Waals surface area contributed by atoms with Gasteiger partial charge in [0, 0.05) is 25.8 Å². The lowest BCUT2D eigenvalue weighted by molar-refractivity contribution is 0.0739. The molecule has 4 rings (SSSR count). The van der Waals surface area contributed by atoms with Gasteiger partial charge in [0.2, 0.25) is 5.78 Å². The van der Waals surface area contributed by atoms with Crippen molar-refractivity contribution in [2.24, 2.45) is 0 Å². The van der Waals surface area contributed by atoms with Gasteiger partial charge < -0.3 is 14.4 Å². The lowest BCUT2D eigenvalue weighted by Crippen LogP contribution is -2.08. The largest absolute Gasteiger partial charge is 0.452 e. The van der Waals surface area contributed by atoms with Gasteiger partial charge in [-0.3, -0.25) is 4.79 Å². The molecule has 28 heavy (non-hydrogen) atoms. The molecule has 0 N–H and O–H groups in total. The third kappa shape index (κ3) is 3.54. The molecule has 3 aromatic rings. The number of Topliss-reactive ketones (excluding diaryl/α,β-unsaturated/α-hetero) is 1. The topological polar surface area (TPSA) is 55.8 Å². The summed E-state index contributed by atoms with van der Waals surface area (Å²) in [6.07, 6.45) is 1.71. The molecule has 0 unspecified atom stereocenters. The van der Waals surface area contributed by atoms with Crippen molar-refractivity contribution in [3.8, 4) is 11.5 Å². The average Bonchev–Trinajstić information content (AvgIpc) is 3.31. The molecule has 0 bridgehead atoms. The number of carbonyl (C=O) groups excluding carboxylic acids is 2. The predicted molar refractivity (Wildman–Crippen MR) is 109 cm³/mol. The Morgan fingerprint density at radius 1 is 1.11 bits per heavy atom. The van der Waals surface area contributed by atoms with Crippen LogP contribution in [0.4, 0.5) is 5.69 Å². The van der Waals surface area contributed by atoms with Crippen LogP contribution in [0.15, 0.2) is 65.7 Å². The van der Waals surface area contributed by atoms with Crippen LogP contribution in [0.5, 0.6) is 11.5 Å². The summed E-state index contributed by atoms with van der Waals surface area (Å²) in [7, 11) is 3.94. The molecule has 5 nitrogen and oxygen atoms in total. The lowest BCUT2D eigenvalue weighted by atomic mass is 10.1. The molecular weight excluding hydrogens is 374 g/mol. The van der Waals surface area contributed by atoms with Crippen LogP contribution >= 0.6 is 11.3 Å². The first kappa shape index (κ1) is 18.0. The fraction of sp³-hybridized carbons (Fsp3) is 0.0909. The number of esters is 1. The molecule has 0 radical (unpaired) electrons. The number of hydrogen-bond donors (Lipinski definition) is 0. The minimum Gasteiger partial charge on any atom is -0.452 e. The number of allylic oxidation sites excluding steroid dienone is 1. The van der Waals surface area contributed by atoms with E-state index in [9.17, 15) is 9.59 Å². The Hall–Kier alpha value is -3.38. The maximum Gasteiger partial charge on any atom is 0.353 e. The Labute approximate surface area is 166 Å². The second-order valence-electron chi connectivity index (χ2n) is 6.45. The van der Waals surface area contributed by atoms with Crippen molar-refractivity contribution >= 4 is 34.9 Å². The number of anilines is 1. The Bertz CT molecular complexity index is 1070. The summed E-state index contributed by atoms with van der Waals surface area (Å²) < 4.78 is 11.1. The maximum absolute atomic E-state index is 12.6. The summed E-state index contributed by atoms with van der Waals surface area (Å²) >= 11 is 1.31. The molecule has 0 fully saturated rings. The first-order valence-electron chi connectivity index (χ1n) is 8.62. The van der Waals surface area contributed by atoms with Crippen molar-refractivity contribution in [2.45, 2.75) is 0 Å². The van der Waals surface area contributed by atoms with Crippen molar-refractivity contribution in [3.05, 3.63) is 81.7 Å². The first-order chi connectivity index (χ1) is 13.5. The smallest absolute Gasteiger partial charge is 0.353 e. The standard InChI is InChI=1S/C22H17NO4S/c1-23(2)15-7-5-14(6-8-15)12-19-21(24)17-10-9-16(13-18(17)27-19)26-22(25)20-4-3-11-28-20/h3-13H,1-2H3/b19-12-. The second kappa shape index (κ2) is 7.32. The summed E-state index contributed by atoms with van der Waals surface area (Å²) in [4.78, 5) is 27.2. The fourth-order valence-electron chi connectivity index (χ4n) is 2.80. The van der Waals surface area contributed by atoms with E-state index in [-0.39, 0.29) is 11.5 Å². The van der Waals surface area contributed by atoms with E-state index in [1.165, 1.54) is 11.3 Å². The number of carbonyl (C=O) groups is 2. The maximum atomic E-state index is 12.6. The minimum absolute atomic E-state index is 0.192. The van der Waals surface area contributed by atoms with Gasteiger partial charge in [-0.1, -0.05) is 18.2 Å². The van der Waals surface area contributed by atoms with Crippen LogP contribution in [0.2, 0.25) is 0 Å². The summed E-state index contributed by atoms with van der Waals surface area (Å²) in [6.45, 7) is 0. The summed E-state index contributed by atoms with van der Waals surface area (Å²) in [6, 6.07) is 16.1. The van der Waals surface area contributed by atoms with E-state index in [2.05, 4.69) is 0 Å². The number of thiophene rings is 1. The van der Waals surface area contributed by atoms with Crippen LogP contribution in [-0.2, 0) is 0 Å². The molecule has 0 saturated heterocycles. The second-order valence-corrected chi connectivity index (χ2v) is 7.40. The zero-order valence-electron chi connectivity index (χ0n) is 15.3. The Morgan fingerprint density at radius 3 is 2.57 bits per heavy atom. The summed E-state index contributed by atoms with van der Waals surface area (Å²) in [5.74, 6) is 0.340. The molecule has 0 atom stereocenters. The molecule has 0 spiro atoms. The normalized spacial score (nSPS) is 13.9. The van der Waals surface area contributed by atoms with Crippen LogP contribution in [0.1, 0.15) is 25.6 Å². The molecule has 6 heteroatoms. The van der Waals surface area contributed by atoms with Crippen LogP contribution in [0, 0.1) is 0 Å². The molecule has 1 aliphatic heterocycles. The first-order valence-corrected chi connectivity index (χ1v) is 9.50. The quantitative estimate of drug-likeness (QED) is 0.368. The molecule has 2 heterocycles. The molecule has 0 aliphatic carbocycles.